The van der Waals surface area contributed by atoms with Crippen LogP contribution in [0.15, 0.2) is 71.3 Å². The van der Waals surface area contributed by atoms with Crippen LogP contribution in [0.3, 0.4) is 0 Å². The number of carbonyl (C=O) groups excluding carboxylic acids is 1. The fourth-order valence-corrected chi connectivity index (χ4v) is 5.14. The lowest BCUT2D eigenvalue weighted by atomic mass is 9.88. The second kappa shape index (κ2) is 6.98. The van der Waals surface area contributed by atoms with Crippen molar-refractivity contribution < 1.29 is 19.7 Å². The van der Waals surface area contributed by atoms with Gasteiger partial charge in [0.1, 0.15) is 18.0 Å². The van der Waals surface area contributed by atoms with Crippen LogP contribution in [0.1, 0.15) is 44.2 Å². The molecule has 2 aliphatic carbocycles. The maximum Gasteiger partial charge on any atom is 0.276 e. The normalized spacial score (nSPS) is 30.1. The van der Waals surface area contributed by atoms with Crippen LogP contribution >= 0.6 is 0 Å². The van der Waals surface area contributed by atoms with Gasteiger partial charge < -0.3 is 19.8 Å². The number of aliphatic hydroxyl groups excluding tert-OH is 1. The van der Waals surface area contributed by atoms with Gasteiger partial charge in [-0.25, -0.2) is 0 Å². The summed E-state index contributed by atoms with van der Waals surface area (Å²) < 4.78 is 6.18. The molecule has 0 spiro atoms. The third-order valence-electron chi connectivity index (χ3n) is 7.03. The monoisotopic (exact) mass is 433 g/mol. The molecule has 3 aliphatic heterocycles. The van der Waals surface area contributed by atoms with Crippen LogP contribution in [0.5, 0.6) is 5.75 Å². The van der Waals surface area contributed by atoms with Gasteiger partial charge in [0.15, 0.2) is 11.5 Å². The predicted octanol–water partition coefficient (Wildman–Crippen LogP) is 3.30. The van der Waals surface area contributed by atoms with Crippen LogP contribution < -0.4 is 4.74 Å². The molecule has 2 unspecified atom stereocenters. The van der Waals surface area contributed by atoms with E-state index in [1.165, 1.54) is 18.6 Å². The highest BCUT2D eigenvalue weighted by molar-refractivity contribution is 5.95. The Bertz CT molecular complexity index is 1110. The van der Waals surface area contributed by atoms with Gasteiger partial charge in [-0.3, -0.25) is 9.80 Å². The molecule has 1 saturated carbocycles. The summed E-state index contributed by atoms with van der Waals surface area (Å²) in [5, 5.41) is 25.5. The van der Waals surface area contributed by atoms with Crippen molar-refractivity contribution in [1.29, 1.82) is 0 Å². The van der Waals surface area contributed by atoms with Gasteiger partial charge in [-0.15, -0.1) is 0 Å². The quantitative estimate of drug-likeness (QED) is 0.746. The van der Waals surface area contributed by atoms with Crippen LogP contribution in [-0.4, -0.2) is 56.0 Å². The first-order valence-electron chi connectivity index (χ1n) is 11.3. The highest BCUT2D eigenvalue weighted by Gasteiger charge is 2.49. The number of hydrogen-bond donors (Lipinski definition) is 2. The molecule has 1 saturated heterocycles. The molecule has 1 amide bonds. The molecule has 2 N–H and O–H groups in total. The molecule has 7 heteroatoms. The average Bonchev–Trinajstić information content (AvgIpc) is 3.63. The summed E-state index contributed by atoms with van der Waals surface area (Å²) >= 11 is 0. The van der Waals surface area contributed by atoms with Crippen molar-refractivity contribution in [2.45, 2.75) is 50.3 Å². The molecule has 2 fully saturated rings. The number of hydrazine groups is 1. The fraction of sp³-hybridized carbons (Fsp3) is 0.400. The number of carbonyl (C=O) groups is 1. The SMILES string of the molecule is CC1(O)C=CN2C(=C1O)C(=O)N(C1CC1)CN2C1C2=C(C=CCC2)COc2ccccc21. The first-order valence-corrected chi connectivity index (χ1v) is 11.3. The van der Waals surface area contributed by atoms with E-state index >= 15 is 0 Å². The number of nitrogens with zero attached hydrogens (tertiary/aromatic N) is 3. The van der Waals surface area contributed by atoms with Crippen molar-refractivity contribution in [3.63, 3.8) is 0 Å². The third kappa shape index (κ3) is 2.92. The molecule has 1 aromatic rings. The van der Waals surface area contributed by atoms with E-state index in [2.05, 4.69) is 23.2 Å². The Morgan fingerprint density at radius 1 is 1.22 bits per heavy atom. The number of allylic oxidation sites excluding steroid dienone is 1. The summed E-state index contributed by atoms with van der Waals surface area (Å²) in [5.74, 6) is 0.288. The highest BCUT2D eigenvalue weighted by Crippen LogP contribution is 2.47. The Hall–Kier alpha value is -3.03. The van der Waals surface area contributed by atoms with Gasteiger partial charge in [-0.2, -0.15) is 5.01 Å². The smallest absolute Gasteiger partial charge is 0.276 e. The Kier molecular flexibility index (Phi) is 4.29. The maximum atomic E-state index is 13.4. The standard InChI is InChI=1S/C25H27N3O4/c1-25(31)12-13-27-22(23(25)29)24(30)26(17-10-11-17)15-28(27)21-18-7-3-2-6-16(18)14-32-20-9-5-4-8-19(20)21/h2,4-6,8-9,12-13,17,21,29,31H,3,7,10-11,14-15H2,1H3. The molecular formula is C25H27N3O4. The molecule has 32 heavy (non-hydrogen) atoms. The van der Waals surface area contributed by atoms with Gasteiger partial charge >= 0.3 is 0 Å². The fourth-order valence-electron chi connectivity index (χ4n) is 5.14. The summed E-state index contributed by atoms with van der Waals surface area (Å²) in [5.41, 5.74) is 2.03. The molecule has 5 aliphatic rings. The molecule has 2 atom stereocenters. The lowest BCUT2D eigenvalue weighted by molar-refractivity contribution is -0.152. The number of ether oxygens (including phenoxy) is 1. The lowest BCUT2D eigenvalue weighted by Gasteiger charge is -2.50. The molecule has 0 bridgehead atoms. The van der Waals surface area contributed by atoms with Crippen molar-refractivity contribution in [2.24, 2.45) is 0 Å². The van der Waals surface area contributed by atoms with Gasteiger partial charge in [-0.1, -0.05) is 30.4 Å². The minimum atomic E-state index is -1.58. The molecule has 3 heterocycles. The van der Waals surface area contributed by atoms with Crippen molar-refractivity contribution >= 4 is 5.91 Å². The minimum absolute atomic E-state index is 0.131. The number of rotatable bonds is 2. The van der Waals surface area contributed by atoms with Gasteiger partial charge in [-0.05, 0) is 55.9 Å². The first kappa shape index (κ1) is 19.6. The van der Waals surface area contributed by atoms with Gasteiger partial charge in [0.05, 0.1) is 12.7 Å². The largest absolute Gasteiger partial charge is 0.507 e. The van der Waals surface area contributed by atoms with Crippen LogP contribution in [0.25, 0.3) is 0 Å². The van der Waals surface area contributed by atoms with E-state index in [9.17, 15) is 15.0 Å². The van der Waals surface area contributed by atoms with E-state index in [4.69, 9.17) is 4.74 Å². The minimum Gasteiger partial charge on any atom is -0.507 e. The maximum absolute atomic E-state index is 13.4. The number of hydrogen-bond acceptors (Lipinski definition) is 6. The van der Waals surface area contributed by atoms with E-state index in [-0.39, 0.29) is 29.4 Å². The molecule has 6 rings (SSSR count). The van der Waals surface area contributed by atoms with Crippen molar-refractivity contribution in [3.8, 4) is 5.75 Å². The summed E-state index contributed by atoms with van der Waals surface area (Å²) in [7, 11) is 0. The van der Waals surface area contributed by atoms with Crippen molar-refractivity contribution in [1.82, 2.24) is 14.9 Å². The molecule has 1 aromatic carbocycles. The second-order valence-electron chi connectivity index (χ2n) is 9.31. The summed E-state index contributed by atoms with van der Waals surface area (Å²) in [6.45, 7) is 2.42. The van der Waals surface area contributed by atoms with Crippen LogP contribution in [-0.2, 0) is 4.79 Å². The zero-order valence-electron chi connectivity index (χ0n) is 18.1. The predicted molar refractivity (Wildman–Crippen MR) is 118 cm³/mol. The number of amides is 1. The Morgan fingerprint density at radius 2 is 2.03 bits per heavy atom. The molecule has 0 radical (unpaired) electrons. The van der Waals surface area contributed by atoms with Crippen LogP contribution in [0.2, 0.25) is 0 Å². The lowest BCUT2D eigenvalue weighted by Crippen LogP contribution is -2.60. The van der Waals surface area contributed by atoms with E-state index < -0.39 is 5.60 Å². The Morgan fingerprint density at radius 3 is 2.84 bits per heavy atom. The van der Waals surface area contributed by atoms with E-state index in [1.54, 1.807) is 11.2 Å². The van der Waals surface area contributed by atoms with Gasteiger partial charge in [0.2, 0.25) is 0 Å². The number of aliphatic hydroxyl groups is 2. The Balaban J connectivity index is 1.54. The zero-order valence-corrected chi connectivity index (χ0v) is 18.1. The van der Waals surface area contributed by atoms with E-state index in [0.29, 0.717) is 13.3 Å². The van der Waals surface area contributed by atoms with Crippen molar-refractivity contribution in [2.75, 3.05) is 13.3 Å². The second-order valence-corrected chi connectivity index (χ2v) is 9.31. The summed E-state index contributed by atoms with van der Waals surface area (Å²) in [6, 6.07) is 8.07. The molecule has 0 aromatic heterocycles. The van der Waals surface area contributed by atoms with Crippen molar-refractivity contribution in [3.05, 3.63) is 76.9 Å². The number of fused-ring (bicyclic) bond motifs is 2. The highest BCUT2D eigenvalue weighted by atomic mass is 16.5. The van der Waals surface area contributed by atoms with Crippen LogP contribution in [0, 0.1) is 0 Å². The molecule has 166 valence electrons. The van der Waals surface area contributed by atoms with E-state index in [1.807, 2.05) is 23.1 Å². The summed E-state index contributed by atoms with van der Waals surface area (Å²) in [4.78, 5) is 15.2. The topological polar surface area (TPSA) is 76.5 Å². The van der Waals surface area contributed by atoms with Gasteiger partial charge in [0.25, 0.3) is 5.91 Å². The molecule has 7 nitrogen and oxygen atoms in total. The van der Waals surface area contributed by atoms with Crippen LogP contribution in [0.4, 0.5) is 0 Å². The zero-order chi connectivity index (χ0) is 22.0. The van der Waals surface area contributed by atoms with E-state index in [0.717, 1.165) is 42.6 Å². The third-order valence-corrected chi connectivity index (χ3v) is 7.03. The molecular weight excluding hydrogens is 406 g/mol. The Labute approximate surface area is 187 Å². The first-order chi connectivity index (χ1) is 15.5. The summed E-state index contributed by atoms with van der Waals surface area (Å²) in [6.07, 6.45) is 11.4. The number of para-hydroxylation sites is 1. The van der Waals surface area contributed by atoms with Gasteiger partial charge in [0, 0.05) is 17.8 Å². The number of benzene rings is 1. The average molecular weight is 434 g/mol.